The molecule has 0 aliphatic carbocycles. The molecule has 14 heavy (non-hydrogen) atoms. The number of aliphatic hydroxyl groups excluding tert-OH is 1. The average Bonchev–Trinajstić information content (AvgIpc) is 2.70. The molecule has 1 fully saturated rings. The van der Waals surface area contributed by atoms with Crippen LogP contribution in [0.4, 0.5) is 0 Å². The third kappa shape index (κ3) is 1.59. The lowest BCUT2D eigenvalue weighted by Gasteiger charge is -2.09. The smallest absolute Gasteiger partial charge is 0.215 e. The van der Waals surface area contributed by atoms with E-state index >= 15 is 0 Å². The standard InChI is InChI=1S/C7H11N5O2/c8-6(9)7-10-3-12(11-7)4-1-2-5(13)14-4/h3-5,13H,1-2H2,(H3,8,9). The molecule has 1 aromatic heterocycles. The van der Waals surface area contributed by atoms with Crippen LogP contribution in [0.1, 0.15) is 24.9 Å². The Hall–Kier alpha value is -1.47. The van der Waals surface area contributed by atoms with Gasteiger partial charge in [0.15, 0.2) is 18.4 Å². The summed E-state index contributed by atoms with van der Waals surface area (Å²) in [6, 6.07) is 0. The second-order valence-corrected chi connectivity index (χ2v) is 3.08. The van der Waals surface area contributed by atoms with E-state index < -0.39 is 6.29 Å². The first-order chi connectivity index (χ1) is 6.66. The third-order valence-electron chi connectivity index (χ3n) is 2.02. The number of nitrogen functional groups attached to an aromatic ring is 1. The first kappa shape index (κ1) is 9.10. The summed E-state index contributed by atoms with van der Waals surface area (Å²) in [4.78, 5) is 3.83. The molecule has 0 radical (unpaired) electrons. The van der Waals surface area contributed by atoms with Crippen LogP contribution in [-0.2, 0) is 4.74 Å². The highest BCUT2D eigenvalue weighted by atomic mass is 16.6. The molecule has 0 amide bonds. The van der Waals surface area contributed by atoms with E-state index in [0.29, 0.717) is 12.8 Å². The largest absolute Gasteiger partial charge is 0.381 e. The van der Waals surface area contributed by atoms with Crippen molar-refractivity contribution in [2.24, 2.45) is 5.73 Å². The van der Waals surface area contributed by atoms with Crippen LogP contribution in [0, 0.1) is 5.41 Å². The van der Waals surface area contributed by atoms with Gasteiger partial charge in [-0.3, -0.25) is 5.41 Å². The Balaban J connectivity index is 2.13. The van der Waals surface area contributed by atoms with Crippen LogP contribution in [0.5, 0.6) is 0 Å². The van der Waals surface area contributed by atoms with Gasteiger partial charge >= 0.3 is 0 Å². The van der Waals surface area contributed by atoms with Crippen molar-refractivity contribution in [3.8, 4) is 0 Å². The van der Waals surface area contributed by atoms with Crippen LogP contribution in [-0.4, -0.2) is 32.0 Å². The van der Waals surface area contributed by atoms with Crippen LogP contribution < -0.4 is 5.73 Å². The Morgan fingerprint density at radius 2 is 2.50 bits per heavy atom. The molecule has 1 aromatic rings. The zero-order valence-electron chi connectivity index (χ0n) is 7.42. The maximum Gasteiger partial charge on any atom is 0.215 e. The quantitative estimate of drug-likeness (QED) is 0.424. The second-order valence-electron chi connectivity index (χ2n) is 3.08. The highest BCUT2D eigenvalue weighted by Gasteiger charge is 2.25. The number of hydrogen-bond acceptors (Lipinski definition) is 5. The minimum absolute atomic E-state index is 0.176. The number of ether oxygens (including phenoxy) is 1. The zero-order chi connectivity index (χ0) is 10.1. The SMILES string of the molecule is N=C(N)c1ncn(C2CCC(O)O2)n1. The Morgan fingerprint density at radius 3 is 3.00 bits per heavy atom. The van der Waals surface area contributed by atoms with Crippen molar-refractivity contribution in [3.63, 3.8) is 0 Å². The molecule has 1 aliphatic rings. The van der Waals surface area contributed by atoms with Gasteiger partial charge in [-0.15, -0.1) is 5.10 Å². The van der Waals surface area contributed by atoms with Gasteiger partial charge in [0, 0.05) is 6.42 Å². The van der Waals surface area contributed by atoms with Gasteiger partial charge in [0.25, 0.3) is 0 Å². The van der Waals surface area contributed by atoms with Crippen LogP contribution in [0.15, 0.2) is 6.33 Å². The summed E-state index contributed by atoms with van der Waals surface area (Å²) in [5.74, 6) is -0.00251. The molecule has 0 aromatic carbocycles. The summed E-state index contributed by atoms with van der Waals surface area (Å²) < 4.78 is 6.61. The fraction of sp³-hybridized carbons (Fsp3) is 0.571. The van der Waals surface area contributed by atoms with Crippen molar-refractivity contribution in [3.05, 3.63) is 12.2 Å². The lowest BCUT2D eigenvalue weighted by molar-refractivity contribution is -0.116. The fourth-order valence-electron chi connectivity index (χ4n) is 1.33. The Labute approximate surface area is 80.0 Å². The lowest BCUT2D eigenvalue weighted by Crippen LogP contribution is -2.15. The van der Waals surface area contributed by atoms with Gasteiger partial charge < -0.3 is 15.6 Å². The van der Waals surface area contributed by atoms with Crippen LogP contribution in [0.25, 0.3) is 0 Å². The molecule has 76 valence electrons. The van der Waals surface area contributed by atoms with Crippen molar-refractivity contribution in [2.75, 3.05) is 0 Å². The summed E-state index contributed by atoms with van der Waals surface area (Å²) in [6.07, 6.45) is 1.68. The Kier molecular flexibility index (Phi) is 2.18. The van der Waals surface area contributed by atoms with Crippen molar-refractivity contribution in [2.45, 2.75) is 25.4 Å². The van der Waals surface area contributed by atoms with Gasteiger partial charge in [0.1, 0.15) is 6.33 Å². The number of aromatic nitrogens is 3. The molecular weight excluding hydrogens is 186 g/mol. The van der Waals surface area contributed by atoms with Gasteiger partial charge in [-0.05, 0) is 6.42 Å². The first-order valence-corrected chi connectivity index (χ1v) is 4.26. The normalized spacial score (nSPS) is 26.6. The third-order valence-corrected chi connectivity index (χ3v) is 2.02. The van der Waals surface area contributed by atoms with E-state index in [1.54, 1.807) is 0 Å². The predicted octanol–water partition coefficient (Wildman–Crippen LogP) is -0.810. The molecule has 2 atom stereocenters. The highest BCUT2D eigenvalue weighted by Crippen LogP contribution is 2.25. The summed E-state index contributed by atoms with van der Waals surface area (Å²) in [5.41, 5.74) is 5.21. The van der Waals surface area contributed by atoms with Gasteiger partial charge in [-0.1, -0.05) is 0 Å². The molecule has 7 heteroatoms. The van der Waals surface area contributed by atoms with Crippen LogP contribution >= 0.6 is 0 Å². The molecule has 2 unspecified atom stereocenters. The number of nitrogens with one attached hydrogen (secondary N) is 1. The molecule has 7 nitrogen and oxygen atoms in total. The molecular formula is C7H11N5O2. The summed E-state index contributed by atoms with van der Waals surface area (Å²) in [6.45, 7) is 0. The minimum Gasteiger partial charge on any atom is -0.381 e. The van der Waals surface area contributed by atoms with Crippen LogP contribution in [0.3, 0.4) is 0 Å². The van der Waals surface area contributed by atoms with Gasteiger partial charge in [0.05, 0.1) is 0 Å². The van der Waals surface area contributed by atoms with Crippen molar-refractivity contribution in [1.82, 2.24) is 14.8 Å². The monoisotopic (exact) mass is 197 g/mol. The summed E-state index contributed by atoms with van der Waals surface area (Å²) in [5, 5.41) is 20.2. The molecule has 1 aliphatic heterocycles. The predicted molar refractivity (Wildman–Crippen MR) is 46.4 cm³/mol. The van der Waals surface area contributed by atoms with Crippen molar-refractivity contribution in [1.29, 1.82) is 5.41 Å². The number of hydrogen-bond donors (Lipinski definition) is 3. The van der Waals surface area contributed by atoms with E-state index in [4.69, 9.17) is 21.0 Å². The molecule has 0 spiro atoms. The molecule has 2 heterocycles. The van der Waals surface area contributed by atoms with Gasteiger partial charge in [-0.2, -0.15) is 0 Å². The number of nitrogens with zero attached hydrogens (tertiary/aromatic N) is 3. The second kappa shape index (κ2) is 3.35. The first-order valence-electron chi connectivity index (χ1n) is 4.26. The van der Waals surface area contributed by atoms with E-state index in [0.717, 1.165) is 0 Å². The number of nitrogens with two attached hydrogens (primary N) is 1. The molecule has 0 saturated carbocycles. The number of rotatable bonds is 2. The van der Waals surface area contributed by atoms with Crippen LogP contribution in [0.2, 0.25) is 0 Å². The Morgan fingerprint density at radius 1 is 1.71 bits per heavy atom. The molecule has 2 rings (SSSR count). The zero-order valence-corrected chi connectivity index (χ0v) is 7.42. The van der Waals surface area contributed by atoms with E-state index in [-0.39, 0.29) is 17.9 Å². The molecule has 0 bridgehead atoms. The summed E-state index contributed by atoms with van der Waals surface area (Å²) >= 11 is 0. The molecule has 1 saturated heterocycles. The van der Waals surface area contributed by atoms with Gasteiger partial charge in [0.2, 0.25) is 5.82 Å². The van der Waals surface area contributed by atoms with Crippen molar-refractivity contribution >= 4 is 5.84 Å². The maximum absolute atomic E-state index is 9.13. The molecule has 4 N–H and O–H groups in total. The number of amidine groups is 1. The van der Waals surface area contributed by atoms with E-state index in [9.17, 15) is 0 Å². The van der Waals surface area contributed by atoms with Crippen molar-refractivity contribution < 1.29 is 9.84 Å². The number of aliphatic hydroxyl groups is 1. The Bertz CT molecular complexity index is 350. The van der Waals surface area contributed by atoms with Gasteiger partial charge in [-0.25, -0.2) is 9.67 Å². The highest BCUT2D eigenvalue weighted by molar-refractivity contribution is 5.90. The maximum atomic E-state index is 9.13. The lowest BCUT2D eigenvalue weighted by atomic mass is 10.3. The average molecular weight is 197 g/mol. The van der Waals surface area contributed by atoms with E-state index in [2.05, 4.69) is 10.1 Å². The van der Waals surface area contributed by atoms with E-state index in [1.807, 2.05) is 0 Å². The minimum atomic E-state index is -0.732. The fourth-order valence-corrected chi connectivity index (χ4v) is 1.33. The topological polar surface area (TPSA) is 110 Å². The van der Waals surface area contributed by atoms with E-state index in [1.165, 1.54) is 11.0 Å². The summed E-state index contributed by atoms with van der Waals surface area (Å²) in [7, 11) is 0.